The monoisotopic (exact) mass is 498 g/mol. The molecule has 1 amide bonds. The minimum atomic E-state index is -4.06. The standard InChI is InChI=1S/C26H30N2O6S/c1-17-11-13-22(14-12-17)35(32,33)28-24(19-8-6-10-21(30)16-19)23(18-7-5-9-20(29)15-18)27-25(31)34-26(2,3)4/h5-16,23-24,28-30H,1-4H3,(H,27,31). The smallest absolute Gasteiger partial charge is 0.408 e. The van der Waals surface area contributed by atoms with E-state index in [0.717, 1.165) is 5.56 Å². The average molecular weight is 499 g/mol. The highest BCUT2D eigenvalue weighted by atomic mass is 32.2. The third-order valence-corrected chi connectivity index (χ3v) is 6.53. The maximum Gasteiger partial charge on any atom is 0.408 e. The Morgan fingerprint density at radius 1 is 0.857 bits per heavy atom. The van der Waals surface area contributed by atoms with Gasteiger partial charge < -0.3 is 20.3 Å². The quantitative estimate of drug-likeness (QED) is 0.374. The number of amides is 1. The van der Waals surface area contributed by atoms with Gasteiger partial charge in [0.1, 0.15) is 17.1 Å². The van der Waals surface area contributed by atoms with Crippen molar-refractivity contribution < 1.29 is 28.2 Å². The number of nitrogens with one attached hydrogen (secondary N) is 2. The second kappa shape index (κ2) is 10.4. The molecule has 186 valence electrons. The van der Waals surface area contributed by atoms with Crippen molar-refractivity contribution in [1.29, 1.82) is 0 Å². The van der Waals surface area contributed by atoms with Crippen LogP contribution in [0.25, 0.3) is 0 Å². The SMILES string of the molecule is Cc1ccc(S(=O)(=O)NC(c2cccc(O)c2)C(NC(=O)OC(C)(C)C)c2cccc(O)c2)cc1. The summed E-state index contributed by atoms with van der Waals surface area (Å²) in [5.41, 5.74) is 0.925. The highest BCUT2D eigenvalue weighted by Crippen LogP contribution is 2.34. The number of carbonyl (C=O) groups excluding carboxylic acids is 1. The first-order chi connectivity index (χ1) is 16.3. The molecule has 0 fully saturated rings. The number of aryl methyl sites for hydroxylation is 1. The van der Waals surface area contributed by atoms with Crippen LogP contribution in [0.5, 0.6) is 11.5 Å². The number of hydrogen-bond acceptors (Lipinski definition) is 6. The molecule has 3 aromatic rings. The molecule has 0 aliphatic heterocycles. The summed E-state index contributed by atoms with van der Waals surface area (Å²) in [4.78, 5) is 12.8. The van der Waals surface area contributed by atoms with Crippen LogP contribution in [0.2, 0.25) is 0 Å². The minimum absolute atomic E-state index is 0.0418. The second-order valence-electron chi connectivity index (χ2n) is 9.23. The number of phenolic OH excluding ortho intramolecular Hbond substituents is 2. The van der Waals surface area contributed by atoms with Crippen molar-refractivity contribution in [3.05, 3.63) is 89.5 Å². The Balaban J connectivity index is 2.12. The number of sulfonamides is 1. The molecule has 0 spiro atoms. The number of rotatable bonds is 7. The average Bonchev–Trinajstić information content (AvgIpc) is 2.75. The molecule has 0 radical (unpaired) electrons. The molecule has 9 heteroatoms. The summed E-state index contributed by atoms with van der Waals surface area (Å²) in [7, 11) is -4.06. The van der Waals surface area contributed by atoms with E-state index in [1.54, 1.807) is 57.2 Å². The van der Waals surface area contributed by atoms with Gasteiger partial charge in [0.05, 0.1) is 17.0 Å². The highest BCUT2D eigenvalue weighted by Gasteiger charge is 2.33. The third kappa shape index (κ3) is 7.21. The van der Waals surface area contributed by atoms with Gasteiger partial charge in [-0.2, -0.15) is 0 Å². The number of alkyl carbamates (subject to hydrolysis) is 1. The van der Waals surface area contributed by atoms with Crippen LogP contribution in [-0.2, 0) is 14.8 Å². The summed E-state index contributed by atoms with van der Waals surface area (Å²) >= 11 is 0. The van der Waals surface area contributed by atoms with Gasteiger partial charge in [-0.3, -0.25) is 0 Å². The van der Waals surface area contributed by atoms with Gasteiger partial charge in [-0.15, -0.1) is 0 Å². The maximum absolute atomic E-state index is 13.4. The second-order valence-corrected chi connectivity index (χ2v) is 10.9. The molecule has 8 nitrogen and oxygen atoms in total. The van der Waals surface area contributed by atoms with Crippen LogP contribution in [0, 0.1) is 6.92 Å². The Labute approximate surface area is 205 Å². The van der Waals surface area contributed by atoms with Crippen LogP contribution < -0.4 is 10.0 Å². The van der Waals surface area contributed by atoms with Gasteiger partial charge in [0.25, 0.3) is 0 Å². The topological polar surface area (TPSA) is 125 Å². The van der Waals surface area contributed by atoms with Crippen molar-refractivity contribution in [2.75, 3.05) is 0 Å². The van der Waals surface area contributed by atoms with Gasteiger partial charge in [0.15, 0.2) is 0 Å². The maximum atomic E-state index is 13.4. The molecule has 2 atom stereocenters. The van der Waals surface area contributed by atoms with Crippen molar-refractivity contribution in [2.45, 2.75) is 50.3 Å². The number of phenols is 2. The van der Waals surface area contributed by atoms with Crippen LogP contribution in [0.1, 0.15) is 49.5 Å². The lowest BCUT2D eigenvalue weighted by molar-refractivity contribution is 0.0493. The Kier molecular flexibility index (Phi) is 7.72. The fourth-order valence-electron chi connectivity index (χ4n) is 3.51. The molecule has 3 aromatic carbocycles. The third-order valence-electron chi connectivity index (χ3n) is 5.08. The fourth-order valence-corrected chi connectivity index (χ4v) is 4.75. The van der Waals surface area contributed by atoms with Crippen LogP contribution >= 0.6 is 0 Å². The van der Waals surface area contributed by atoms with Gasteiger partial charge in [-0.25, -0.2) is 17.9 Å². The molecule has 0 heterocycles. The zero-order valence-corrected chi connectivity index (χ0v) is 20.8. The molecule has 35 heavy (non-hydrogen) atoms. The van der Waals surface area contributed by atoms with Crippen molar-refractivity contribution in [3.8, 4) is 11.5 Å². The lowest BCUT2D eigenvalue weighted by atomic mass is 9.94. The first-order valence-electron chi connectivity index (χ1n) is 11.0. The number of hydrogen-bond donors (Lipinski definition) is 4. The van der Waals surface area contributed by atoms with Crippen molar-refractivity contribution in [2.24, 2.45) is 0 Å². The van der Waals surface area contributed by atoms with Crippen molar-refractivity contribution in [1.82, 2.24) is 10.0 Å². The summed E-state index contributed by atoms with van der Waals surface area (Å²) in [6, 6.07) is 16.5. The van der Waals surface area contributed by atoms with Gasteiger partial charge >= 0.3 is 6.09 Å². The van der Waals surface area contributed by atoms with E-state index in [2.05, 4.69) is 10.0 Å². The summed E-state index contributed by atoms with van der Waals surface area (Å²) in [6.45, 7) is 6.98. The zero-order valence-electron chi connectivity index (χ0n) is 20.0. The lowest BCUT2D eigenvalue weighted by Gasteiger charge is -2.31. The summed E-state index contributed by atoms with van der Waals surface area (Å²) in [6.07, 6.45) is -0.773. The summed E-state index contributed by atoms with van der Waals surface area (Å²) in [5, 5.41) is 22.9. The van der Waals surface area contributed by atoms with E-state index in [-0.39, 0.29) is 16.4 Å². The molecular weight excluding hydrogens is 468 g/mol. The van der Waals surface area contributed by atoms with E-state index >= 15 is 0 Å². The van der Waals surface area contributed by atoms with Gasteiger partial charge in [-0.05, 0) is 75.2 Å². The number of carbonyl (C=O) groups is 1. The van der Waals surface area contributed by atoms with Crippen LogP contribution in [0.3, 0.4) is 0 Å². The Hall–Kier alpha value is -3.56. The summed E-state index contributed by atoms with van der Waals surface area (Å²) < 4.78 is 34.8. The van der Waals surface area contributed by atoms with E-state index in [9.17, 15) is 23.4 Å². The molecule has 0 aliphatic carbocycles. The van der Waals surface area contributed by atoms with Crippen molar-refractivity contribution >= 4 is 16.1 Å². The van der Waals surface area contributed by atoms with Crippen molar-refractivity contribution in [3.63, 3.8) is 0 Å². The lowest BCUT2D eigenvalue weighted by Crippen LogP contribution is -2.42. The van der Waals surface area contributed by atoms with E-state index in [1.807, 2.05) is 6.92 Å². The van der Waals surface area contributed by atoms with E-state index in [1.165, 1.54) is 36.4 Å². The molecule has 0 aliphatic rings. The Morgan fingerprint density at radius 3 is 1.86 bits per heavy atom. The van der Waals surface area contributed by atoms with Gasteiger partial charge in [0, 0.05) is 0 Å². The van der Waals surface area contributed by atoms with E-state index < -0.39 is 33.8 Å². The van der Waals surface area contributed by atoms with Crippen LogP contribution in [-0.4, -0.2) is 30.3 Å². The summed E-state index contributed by atoms with van der Waals surface area (Å²) in [5.74, 6) is -0.136. The molecule has 0 aromatic heterocycles. The zero-order chi connectivity index (χ0) is 25.8. The normalized spacial score (nSPS) is 13.6. The van der Waals surface area contributed by atoms with Gasteiger partial charge in [-0.1, -0.05) is 42.0 Å². The number of aromatic hydroxyl groups is 2. The molecule has 0 bridgehead atoms. The van der Waals surface area contributed by atoms with Gasteiger partial charge in [0.2, 0.25) is 10.0 Å². The molecule has 0 saturated carbocycles. The predicted octanol–water partition coefficient (Wildman–Crippen LogP) is 4.69. The Bertz CT molecular complexity index is 1280. The molecule has 0 saturated heterocycles. The first-order valence-corrected chi connectivity index (χ1v) is 12.5. The van der Waals surface area contributed by atoms with Crippen LogP contribution in [0.15, 0.2) is 77.7 Å². The first kappa shape index (κ1) is 26.1. The van der Waals surface area contributed by atoms with E-state index in [0.29, 0.717) is 11.1 Å². The molecule has 2 unspecified atom stereocenters. The Morgan fingerprint density at radius 2 is 1.37 bits per heavy atom. The highest BCUT2D eigenvalue weighted by molar-refractivity contribution is 7.89. The fraction of sp³-hybridized carbons (Fsp3) is 0.269. The van der Waals surface area contributed by atoms with E-state index in [4.69, 9.17) is 4.74 Å². The van der Waals surface area contributed by atoms with Crippen LogP contribution in [0.4, 0.5) is 4.79 Å². The number of benzene rings is 3. The molecule has 4 N–H and O–H groups in total. The predicted molar refractivity (Wildman–Crippen MR) is 133 cm³/mol. The molecule has 3 rings (SSSR count). The minimum Gasteiger partial charge on any atom is -0.508 e. The number of ether oxygens (including phenoxy) is 1. The molecular formula is C26H30N2O6S. The largest absolute Gasteiger partial charge is 0.508 e.